The van der Waals surface area contributed by atoms with Crippen LogP contribution in [-0.2, 0) is 12.8 Å². The Labute approximate surface area is 152 Å². The third-order valence-electron chi connectivity index (χ3n) is 5.04. The van der Waals surface area contributed by atoms with Crippen molar-refractivity contribution in [2.75, 3.05) is 20.8 Å². The Hall–Kier alpha value is -2.14. The molecule has 4 nitrogen and oxygen atoms in total. The quantitative estimate of drug-likeness (QED) is 0.828. The number of benzene rings is 2. The summed E-state index contributed by atoms with van der Waals surface area (Å²) in [6.45, 7) is 0.768. The van der Waals surface area contributed by atoms with Gasteiger partial charge in [0, 0.05) is 11.8 Å². The summed E-state index contributed by atoms with van der Waals surface area (Å²) in [7, 11) is 3.31. The van der Waals surface area contributed by atoms with E-state index < -0.39 is 0 Å². The minimum absolute atomic E-state index is 0.0984. The fourth-order valence-electron chi connectivity index (χ4n) is 3.84. The number of thioether (sulfide) groups is 1. The molecule has 0 bridgehead atoms. The maximum Gasteiger partial charge on any atom is 0.282 e. The van der Waals surface area contributed by atoms with Gasteiger partial charge in [0.1, 0.15) is 0 Å². The lowest BCUT2D eigenvalue weighted by atomic mass is 9.88. The van der Waals surface area contributed by atoms with Gasteiger partial charge in [0.05, 0.1) is 20.3 Å². The molecule has 0 radical (unpaired) electrons. The van der Waals surface area contributed by atoms with E-state index >= 15 is 0 Å². The molecule has 2 aromatic rings. The molecule has 0 spiro atoms. The average molecular weight is 355 g/mol. The number of carbonyl (C=O) groups is 1. The lowest BCUT2D eigenvalue weighted by Crippen LogP contribution is -2.36. The summed E-state index contributed by atoms with van der Waals surface area (Å²) in [5.74, 6) is 1.48. The van der Waals surface area contributed by atoms with Crippen molar-refractivity contribution in [2.45, 2.75) is 24.1 Å². The molecule has 0 aliphatic carbocycles. The third kappa shape index (κ3) is 2.86. The van der Waals surface area contributed by atoms with E-state index in [-0.39, 0.29) is 16.5 Å². The van der Waals surface area contributed by atoms with Crippen molar-refractivity contribution in [2.24, 2.45) is 0 Å². The standard InChI is InChI=1S/C20H21NO3S/c1-23-16-11-14-8-9-21-19(15(14)12-17(16)24-2)18(25-20(21)22)10-13-6-4-3-5-7-13/h3-7,11-12,18-19H,8-10H2,1-2H3/t18-,19-/m0/s1. The molecule has 2 heterocycles. The van der Waals surface area contributed by atoms with E-state index in [1.807, 2.05) is 11.0 Å². The highest BCUT2D eigenvalue weighted by Gasteiger charge is 2.44. The highest BCUT2D eigenvalue weighted by molar-refractivity contribution is 8.14. The number of amides is 1. The Balaban J connectivity index is 1.73. The molecular formula is C20H21NO3S. The smallest absolute Gasteiger partial charge is 0.282 e. The van der Waals surface area contributed by atoms with Crippen LogP contribution in [0.25, 0.3) is 0 Å². The van der Waals surface area contributed by atoms with Crippen molar-refractivity contribution in [1.82, 2.24) is 4.90 Å². The van der Waals surface area contributed by atoms with Crippen molar-refractivity contribution in [3.05, 3.63) is 59.2 Å². The van der Waals surface area contributed by atoms with Crippen LogP contribution in [0.3, 0.4) is 0 Å². The SMILES string of the molecule is COc1cc2c(cc1OC)[C@H]1[C@H](Cc3ccccc3)SC(=O)N1CC2. The molecule has 4 rings (SSSR count). The molecule has 5 heteroatoms. The largest absolute Gasteiger partial charge is 0.493 e. The van der Waals surface area contributed by atoms with Gasteiger partial charge in [0.25, 0.3) is 5.24 Å². The molecule has 0 unspecified atom stereocenters. The molecule has 0 N–H and O–H groups in total. The summed E-state index contributed by atoms with van der Waals surface area (Å²) in [5.41, 5.74) is 3.72. The van der Waals surface area contributed by atoms with E-state index in [4.69, 9.17) is 9.47 Å². The number of ether oxygens (including phenoxy) is 2. The summed E-state index contributed by atoms with van der Waals surface area (Å²) in [6.07, 6.45) is 1.74. The van der Waals surface area contributed by atoms with E-state index in [1.54, 1.807) is 14.2 Å². The Morgan fingerprint density at radius 3 is 2.56 bits per heavy atom. The van der Waals surface area contributed by atoms with Gasteiger partial charge >= 0.3 is 0 Å². The van der Waals surface area contributed by atoms with Gasteiger partial charge in [-0.2, -0.15) is 0 Å². The minimum atomic E-state index is 0.0984. The predicted molar refractivity (Wildman–Crippen MR) is 99.6 cm³/mol. The number of rotatable bonds is 4. The van der Waals surface area contributed by atoms with Crippen molar-refractivity contribution in [3.63, 3.8) is 0 Å². The van der Waals surface area contributed by atoms with Crippen LogP contribution in [0.5, 0.6) is 11.5 Å². The maximum atomic E-state index is 12.5. The second-order valence-electron chi connectivity index (χ2n) is 6.41. The first-order valence-corrected chi connectivity index (χ1v) is 9.35. The predicted octanol–water partition coefficient (Wildman–Crippen LogP) is 4.08. The zero-order chi connectivity index (χ0) is 17.4. The van der Waals surface area contributed by atoms with Crippen LogP contribution in [-0.4, -0.2) is 36.2 Å². The number of carbonyl (C=O) groups excluding carboxylic acids is 1. The zero-order valence-corrected chi connectivity index (χ0v) is 15.2. The van der Waals surface area contributed by atoms with E-state index in [2.05, 4.69) is 36.4 Å². The van der Waals surface area contributed by atoms with Gasteiger partial charge in [-0.3, -0.25) is 4.79 Å². The Morgan fingerprint density at radius 1 is 1.12 bits per heavy atom. The van der Waals surface area contributed by atoms with Gasteiger partial charge < -0.3 is 14.4 Å². The van der Waals surface area contributed by atoms with E-state index in [9.17, 15) is 4.79 Å². The molecule has 2 atom stereocenters. The Kier molecular flexibility index (Phi) is 4.34. The van der Waals surface area contributed by atoms with Crippen LogP contribution in [0.15, 0.2) is 42.5 Å². The molecular weight excluding hydrogens is 334 g/mol. The summed E-state index contributed by atoms with van der Waals surface area (Å²) >= 11 is 1.47. The first-order valence-electron chi connectivity index (χ1n) is 8.47. The Morgan fingerprint density at radius 2 is 1.84 bits per heavy atom. The molecule has 2 aliphatic heterocycles. The number of hydrogen-bond donors (Lipinski definition) is 0. The van der Waals surface area contributed by atoms with Crippen LogP contribution in [0.2, 0.25) is 0 Å². The molecule has 130 valence electrons. The zero-order valence-electron chi connectivity index (χ0n) is 14.4. The lowest BCUT2D eigenvalue weighted by molar-refractivity contribution is 0.200. The number of methoxy groups -OCH3 is 2. The van der Waals surface area contributed by atoms with Gasteiger partial charge in [-0.05, 0) is 41.7 Å². The molecule has 25 heavy (non-hydrogen) atoms. The first-order chi connectivity index (χ1) is 12.2. The lowest BCUT2D eigenvalue weighted by Gasteiger charge is -2.34. The highest BCUT2D eigenvalue weighted by atomic mass is 32.2. The first kappa shape index (κ1) is 16.3. The van der Waals surface area contributed by atoms with Gasteiger partial charge in [0.2, 0.25) is 0 Å². The summed E-state index contributed by atoms with van der Waals surface area (Å²) in [4.78, 5) is 14.5. The van der Waals surface area contributed by atoms with Gasteiger partial charge in [0.15, 0.2) is 11.5 Å². The second kappa shape index (κ2) is 6.64. The molecule has 2 aliphatic rings. The third-order valence-corrected chi connectivity index (χ3v) is 6.20. The van der Waals surface area contributed by atoms with Gasteiger partial charge in [-0.25, -0.2) is 0 Å². The number of fused-ring (bicyclic) bond motifs is 3. The van der Waals surface area contributed by atoms with Crippen LogP contribution in [0, 0.1) is 0 Å². The normalized spacial score (nSPS) is 21.7. The Bertz CT molecular complexity index is 793. The molecule has 0 aromatic heterocycles. The molecule has 0 saturated carbocycles. The van der Waals surface area contributed by atoms with Crippen LogP contribution in [0.4, 0.5) is 4.79 Å². The van der Waals surface area contributed by atoms with Gasteiger partial charge in [-0.1, -0.05) is 42.1 Å². The number of nitrogens with zero attached hydrogens (tertiary/aromatic N) is 1. The van der Waals surface area contributed by atoms with Crippen LogP contribution >= 0.6 is 11.8 Å². The second-order valence-corrected chi connectivity index (χ2v) is 7.60. The minimum Gasteiger partial charge on any atom is -0.493 e. The topological polar surface area (TPSA) is 38.8 Å². The molecule has 2 aromatic carbocycles. The molecule has 1 amide bonds. The summed E-state index contributed by atoms with van der Waals surface area (Å²) in [6, 6.07) is 14.6. The fourth-order valence-corrected chi connectivity index (χ4v) is 5.14. The average Bonchev–Trinajstić information content (AvgIpc) is 2.97. The maximum absolute atomic E-state index is 12.5. The van der Waals surface area contributed by atoms with Gasteiger partial charge in [-0.15, -0.1) is 0 Å². The van der Waals surface area contributed by atoms with E-state index in [1.165, 1.54) is 28.5 Å². The fraction of sp³-hybridized carbons (Fsp3) is 0.350. The number of hydrogen-bond acceptors (Lipinski definition) is 4. The van der Waals surface area contributed by atoms with Crippen molar-refractivity contribution < 1.29 is 14.3 Å². The van der Waals surface area contributed by atoms with Crippen molar-refractivity contribution >= 4 is 17.0 Å². The summed E-state index contributed by atoms with van der Waals surface area (Å²) in [5, 5.41) is 0.401. The van der Waals surface area contributed by atoms with Crippen LogP contribution < -0.4 is 9.47 Å². The van der Waals surface area contributed by atoms with Crippen molar-refractivity contribution in [3.8, 4) is 11.5 Å². The van der Waals surface area contributed by atoms with E-state index in [0.29, 0.717) is 0 Å². The summed E-state index contributed by atoms with van der Waals surface area (Å²) < 4.78 is 10.9. The monoisotopic (exact) mass is 355 g/mol. The van der Waals surface area contributed by atoms with Crippen LogP contribution in [0.1, 0.15) is 22.7 Å². The van der Waals surface area contributed by atoms with E-state index in [0.717, 1.165) is 30.9 Å². The molecule has 1 saturated heterocycles. The van der Waals surface area contributed by atoms with Crippen molar-refractivity contribution in [1.29, 1.82) is 0 Å². The highest BCUT2D eigenvalue weighted by Crippen LogP contribution is 2.48. The molecule has 1 fully saturated rings.